The molecule has 0 saturated heterocycles. The van der Waals surface area contributed by atoms with Crippen LogP contribution < -0.4 is 5.32 Å². The number of aromatic nitrogens is 2. The zero-order valence-electron chi connectivity index (χ0n) is 10.2. The maximum atomic E-state index is 11.2. The van der Waals surface area contributed by atoms with E-state index in [2.05, 4.69) is 31.2 Å². The third-order valence-electron chi connectivity index (χ3n) is 2.51. The second-order valence-corrected chi connectivity index (χ2v) is 4.86. The van der Waals surface area contributed by atoms with Crippen molar-refractivity contribution in [3.05, 3.63) is 52.0 Å². The number of anilines is 1. The fourth-order valence-electron chi connectivity index (χ4n) is 1.64. The summed E-state index contributed by atoms with van der Waals surface area (Å²) in [6.07, 6.45) is 1.68. The summed E-state index contributed by atoms with van der Waals surface area (Å²) in [5, 5.41) is 12.2. The Hall–Kier alpha value is -1.95. The molecular formula is C13H12BrN3O2. The molecule has 19 heavy (non-hydrogen) atoms. The highest BCUT2D eigenvalue weighted by atomic mass is 79.9. The van der Waals surface area contributed by atoms with Gasteiger partial charge in [-0.1, -0.05) is 15.9 Å². The number of carbonyl (C=O) groups is 1. The maximum absolute atomic E-state index is 11.2. The minimum Gasteiger partial charge on any atom is -0.478 e. The number of nitrogens with zero attached hydrogens (tertiary/aromatic N) is 2. The molecule has 0 unspecified atom stereocenters. The summed E-state index contributed by atoms with van der Waals surface area (Å²) < 4.78 is 0.730. The van der Waals surface area contributed by atoms with Crippen LogP contribution >= 0.6 is 15.9 Å². The van der Waals surface area contributed by atoms with Gasteiger partial charge in [-0.3, -0.25) is 0 Å². The van der Waals surface area contributed by atoms with Gasteiger partial charge in [0.05, 0.1) is 17.8 Å². The number of carboxylic acid groups (broad SMARTS) is 1. The minimum atomic E-state index is -0.970. The molecule has 1 aromatic carbocycles. The van der Waals surface area contributed by atoms with Crippen molar-refractivity contribution < 1.29 is 9.90 Å². The number of halogens is 1. The molecule has 2 N–H and O–H groups in total. The van der Waals surface area contributed by atoms with Crippen molar-refractivity contribution in [2.45, 2.75) is 13.5 Å². The summed E-state index contributed by atoms with van der Waals surface area (Å²) in [6.45, 7) is 2.26. The predicted molar refractivity (Wildman–Crippen MR) is 75.2 cm³/mol. The highest BCUT2D eigenvalue weighted by Crippen LogP contribution is 2.21. The normalized spacial score (nSPS) is 10.2. The Morgan fingerprint density at radius 1 is 1.42 bits per heavy atom. The SMILES string of the molecule is Cc1nccc(CNc2ccc(Br)cc2C(=O)O)n1. The van der Waals surface area contributed by atoms with Gasteiger partial charge in [0.1, 0.15) is 5.82 Å². The average Bonchev–Trinajstić information content (AvgIpc) is 2.37. The lowest BCUT2D eigenvalue weighted by atomic mass is 10.2. The first-order chi connectivity index (χ1) is 9.06. The molecule has 98 valence electrons. The fraction of sp³-hybridized carbons (Fsp3) is 0.154. The van der Waals surface area contributed by atoms with Crippen molar-refractivity contribution in [1.82, 2.24) is 9.97 Å². The molecule has 0 spiro atoms. The lowest BCUT2D eigenvalue weighted by Crippen LogP contribution is -2.08. The summed E-state index contributed by atoms with van der Waals surface area (Å²) in [4.78, 5) is 19.4. The Kier molecular flexibility index (Phi) is 4.11. The van der Waals surface area contributed by atoms with Gasteiger partial charge in [0.25, 0.3) is 0 Å². The van der Waals surface area contributed by atoms with Crippen LogP contribution in [0.5, 0.6) is 0 Å². The molecule has 0 fully saturated rings. The van der Waals surface area contributed by atoms with E-state index in [9.17, 15) is 4.79 Å². The Bertz CT molecular complexity index is 617. The van der Waals surface area contributed by atoms with E-state index < -0.39 is 5.97 Å². The molecule has 0 radical (unpaired) electrons. The molecule has 5 nitrogen and oxygen atoms in total. The Morgan fingerprint density at radius 2 is 2.21 bits per heavy atom. The summed E-state index contributed by atoms with van der Waals surface area (Å²) in [5.74, 6) is -0.281. The van der Waals surface area contributed by atoms with Gasteiger partial charge in [-0.25, -0.2) is 14.8 Å². The molecule has 0 saturated carbocycles. The van der Waals surface area contributed by atoms with Gasteiger partial charge in [0, 0.05) is 16.4 Å². The van der Waals surface area contributed by atoms with Crippen LogP contribution in [-0.2, 0) is 6.54 Å². The number of hydrogen-bond donors (Lipinski definition) is 2. The van der Waals surface area contributed by atoms with Gasteiger partial charge in [-0.05, 0) is 31.2 Å². The summed E-state index contributed by atoms with van der Waals surface area (Å²) >= 11 is 3.26. The monoisotopic (exact) mass is 321 g/mol. The number of carboxylic acids is 1. The first kappa shape index (κ1) is 13.5. The van der Waals surface area contributed by atoms with Crippen molar-refractivity contribution in [1.29, 1.82) is 0 Å². The first-order valence-electron chi connectivity index (χ1n) is 5.61. The van der Waals surface area contributed by atoms with Gasteiger partial charge in [-0.15, -0.1) is 0 Å². The lowest BCUT2D eigenvalue weighted by molar-refractivity contribution is 0.0698. The lowest BCUT2D eigenvalue weighted by Gasteiger charge is -2.09. The van der Waals surface area contributed by atoms with Crippen molar-refractivity contribution in [2.24, 2.45) is 0 Å². The third-order valence-corrected chi connectivity index (χ3v) is 3.00. The van der Waals surface area contributed by atoms with Crippen LogP contribution in [0.25, 0.3) is 0 Å². The van der Waals surface area contributed by atoms with Crippen molar-refractivity contribution >= 4 is 27.6 Å². The van der Waals surface area contributed by atoms with E-state index in [1.54, 1.807) is 30.5 Å². The molecule has 0 aliphatic rings. The standard InChI is InChI=1S/C13H12BrN3O2/c1-8-15-5-4-10(17-8)7-16-12-3-2-9(14)6-11(12)13(18)19/h2-6,16H,7H2,1H3,(H,18,19). The zero-order valence-corrected chi connectivity index (χ0v) is 11.8. The summed E-state index contributed by atoms with van der Waals surface area (Å²) in [6, 6.07) is 6.87. The minimum absolute atomic E-state index is 0.222. The van der Waals surface area contributed by atoms with E-state index >= 15 is 0 Å². The molecule has 1 heterocycles. The van der Waals surface area contributed by atoms with Crippen LogP contribution in [0.3, 0.4) is 0 Å². The molecule has 0 amide bonds. The van der Waals surface area contributed by atoms with E-state index in [1.807, 2.05) is 6.92 Å². The molecule has 0 atom stereocenters. The van der Waals surface area contributed by atoms with E-state index in [4.69, 9.17) is 5.11 Å². The third kappa shape index (κ3) is 3.51. The van der Waals surface area contributed by atoms with Crippen molar-refractivity contribution in [2.75, 3.05) is 5.32 Å². The first-order valence-corrected chi connectivity index (χ1v) is 6.41. The summed E-state index contributed by atoms with van der Waals surface area (Å²) in [7, 11) is 0. The second-order valence-electron chi connectivity index (χ2n) is 3.94. The quantitative estimate of drug-likeness (QED) is 0.905. The van der Waals surface area contributed by atoms with Crippen LogP contribution in [0.1, 0.15) is 21.9 Å². The topological polar surface area (TPSA) is 75.1 Å². The van der Waals surface area contributed by atoms with Crippen LogP contribution in [0.4, 0.5) is 5.69 Å². The van der Waals surface area contributed by atoms with Gasteiger partial charge >= 0.3 is 5.97 Å². The number of hydrogen-bond acceptors (Lipinski definition) is 4. The maximum Gasteiger partial charge on any atom is 0.337 e. The Balaban J connectivity index is 2.17. The molecule has 2 aromatic rings. The average molecular weight is 322 g/mol. The molecular weight excluding hydrogens is 310 g/mol. The van der Waals surface area contributed by atoms with Crippen LogP contribution in [-0.4, -0.2) is 21.0 Å². The Morgan fingerprint density at radius 3 is 2.89 bits per heavy atom. The second kappa shape index (κ2) is 5.79. The number of aryl methyl sites for hydroxylation is 1. The number of rotatable bonds is 4. The molecule has 1 aromatic heterocycles. The van der Waals surface area contributed by atoms with E-state index in [1.165, 1.54) is 0 Å². The van der Waals surface area contributed by atoms with Crippen LogP contribution in [0.2, 0.25) is 0 Å². The largest absolute Gasteiger partial charge is 0.478 e. The Labute approximate surface area is 118 Å². The van der Waals surface area contributed by atoms with Gasteiger partial charge < -0.3 is 10.4 Å². The molecule has 6 heteroatoms. The van der Waals surface area contributed by atoms with Crippen LogP contribution in [0.15, 0.2) is 34.9 Å². The van der Waals surface area contributed by atoms with Gasteiger partial charge in [-0.2, -0.15) is 0 Å². The van der Waals surface area contributed by atoms with E-state index in [-0.39, 0.29) is 5.56 Å². The summed E-state index contributed by atoms with van der Waals surface area (Å²) in [5.41, 5.74) is 1.60. The fourth-order valence-corrected chi connectivity index (χ4v) is 2.00. The van der Waals surface area contributed by atoms with Crippen molar-refractivity contribution in [3.8, 4) is 0 Å². The molecule has 0 bridgehead atoms. The molecule has 0 aliphatic carbocycles. The van der Waals surface area contributed by atoms with Crippen molar-refractivity contribution in [3.63, 3.8) is 0 Å². The number of benzene rings is 1. The zero-order chi connectivity index (χ0) is 13.8. The number of aromatic carboxylic acids is 1. The van der Waals surface area contributed by atoms with E-state index in [0.29, 0.717) is 18.1 Å². The molecule has 0 aliphatic heterocycles. The number of nitrogens with one attached hydrogen (secondary N) is 1. The van der Waals surface area contributed by atoms with Gasteiger partial charge in [0.2, 0.25) is 0 Å². The smallest absolute Gasteiger partial charge is 0.337 e. The predicted octanol–water partition coefficient (Wildman–Crippen LogP) is 2.86. The highest BCUT2D eigenvalue weighted by Gasteiger charge is 2.10. The van der Waals surface area contributed by atoms with Crippen LogP contribution in [0, 0.1) is 6.92 Å². The molecule has 2 rings (SSSR count). The van der Waals surface area contributed by atoms with Gasteiger partial charge in [0.15, 0.2) is 0 Å². The van der Waals surface area contributed by atoms with E-state index in [0.717, 1.165) is 10.2 Å². The highest BCUT2D eigenvalue weighted by molar-refractivity contribution is 9.10.